The van der Waals surface area contributed by atoms with Crippen molar-refractivity contribution in [2.24, 2.45) is 5.73 Å². The Hall–Kier alpha value is -2.48. The Morgan fingerprint density at radius 3 is 2.41 bits per heavy atom. The Morgan fingerprint density at radius 2 is 1.79 bits per heavy atom. The van der Waals surface area contributed by atoms with E-state index in [1.165, 1.54) is 0 Å². The zero-order valence-corrected chi connectivity index (χ0v) is 17.7. The van der Waals surface area contributed by atoms with E-state index in [4.69, 9.17) is 5.73 Å². The Kier molecular flexibility index (Phi) is 6.52. The van der Waals surface area contributed by atoms with Gasteiger partial charge in [0.15, 0.2) is 5.78 Å². The Balaban J connectivity index is 2.28. The summed E-state index contributed by atoms with van der Waals surface area (Å²) in [5.74, 6) is 0.132. The number of benzene rings is 2. The summed E-state index contributed by atoms with van der Waals surface area (Å²) in [6, 6.07) is 14.0. The largest absolute Gasteiger partial charge is 0.326 e. The maximum absolute atomic E-state index is 12.5. The third kappa shape index (κ3) is 3.61. The molecule has 2 aromatic carbocycles. The van der Waals surface area contributed by atoms with E-state index in [9.17, 15) is 10.1 Å². The number of carbonyl (C=O) groups is 1. The number of nitriles is 1. The normalized spacial score (nSPS) is 18.0. The number of hydrogen-bond acceptors (Lipinski definition) is 4. The van der Waals surface area contributed by atoms with Crippen molar-refractivity contribution in [2.45, 2.75) is 64.5 Å². The summed E-state index contributed by atoms with van der Waals surface area (Å²) >= 11 is 0. The van der Waals surface area contributed by atoms with Crippen molar-refractivity contribution in [2.75, 3.05) is 6.54 Å². The number of nitrogens with one attached hydrogen (secondary N) is 1. The molecule has 0 spiro atoms. The zero-order valence-electron chi connectivity index (χ0n) is 17.7. The van der Waals surface area contributed by atoms with E-state index in [-0.39, 0.29) is 11.8 Å². The first-order valence-electron chi connectivity index (χ1n) is 10.8. The first-order chi connectivity index (χ1) is 14.0. The number of nitrogens with two attached hydrogens (primary N) is 1. The molecule has 0 heterocycles. The summed E-state index contributed by atoms with van der Waals surface area (Å²) in [6.45, 7) is 7.02. The van der Waals surface area contributed by atoms with Crippen LogP contribution in [-0.2, 0) is 5.54 Å². The molecule has 0 aliphatic heterocycles. The van der Waals surface area contributed by atoms with Gasteiger partial charge in [0.05, 0.1) is 17.2 Å². The molecule has 0 amide bonds. The topological polar surface area (TPSA) is 78.9 Å². The molecule has 3 N–H and O–H groups in total. The fraction of sp³-hybridized carbons (Fsp3) is 0.440. The third-order valence-electron chi connectivity index (χ3n) is 6.04. The highest BCUT2D eigenvalue weighted by Crippen LogP contribution is 2.50. The van der Waals surface area contributed by atoms with Crippen molar-refractivity contribution in [3.05, 3.63) is 58.7 Å². The van der Waals surface area contributed by atoms with Crippen molar-refractivity contribution >= 4 is 5.78 Å². The average molecular weight is 390 g/mol. The number of Topliss-reactive ketones (excluding diaryl/α,β-unsaturated/α-hetero) is 1. The molecule has 3 rings (SSSR count). The predicted molar refractivity (Wildman–Crippen MR) is 118 cm³/mol. The number of ketones is 1. The van der Waals surface area contributed by atoms with Crippen LogP contribution in [0.4, 0.5) is 0 Å². The smallest absolute Gasteiger partial charge is 0.162 e. The van der Waals surface area contributed by atoms with Gasteiger partial charge in [0.2, 0.25) is 0 Å². The summed E-state index contributed by atoms with van der Waals surface area (Å²) in [5.41, 5.74) is 12.0. The van der Waals surface area contributed by atoms with Crippen LogP contribution in [0.3, 0.4) is 0 Å². The van der Waals surface area contributed by atoms with Gasteiger partial charge in [-0.25, -0.2) is 0 Å². The van der Waals surface area contributed by atoms with Gasteiger partial charge in [-0.1, -0.05) is 51.8 Å². The molecule has 0 saturated carbocycles. The monoisotopic (exact) mass is 389 g/mol. The van der Waals surface area contributed by atoms with Crippen LogP contribution in [0.2, 0.25) is 0 Å². The summed E-state index contributed by atoms with van der Waals surface area (Å²) < 4.78 is 0. The number of rotatable bonds is 9. The fourth-order valence-electron chi connectivity index (χ4n) is 4.51. The highest BCUT2D eigenvalue weighted by Gasteiger charge is 2.47. The lowest BCUT2D eigenvalue weighted by Crippen LogP contribution is -2.55. The van der Waals surface area contributed by atoms with E-state index < -0.39 is 5.54 Å². The molecule has 2 atom stereocenters. The highest BCUT2D eigenvalue weighted by atomic mass is 16.1. The van der Waals surface area contributed by atoms with E-state index in [0.717, 1.165) is 60.0 Å². The van der Waals surface area contributed by atoms with Gasteiger partial charge in [-0.2, -0.15) is 5.26 Å². The number of nitrogens with zero attached hydrogens (tertiary/aromatic N) is 1. The molecule has 4 nitrogen and oxygen atoms in total. The van der Waals surface area contributed by atoms with Gasteiger partial charge in [0.25, 0.3) is 0 Å². The van der Waals surface area contributed by atoms with Crippen LogP contribution >= 0.6 is 0 Å². The van der Waals surface area contributed by atoms with E-state index in [1.807, 2.05) is 43.3 Å². The minimum Gasteiger partial charge on any atom is -0.326 e. The average Bonchev–Trinajstić information content (AvgIpc) is 3.03. The van der Waals surface area contributed by atoms with Crippen LogP contribution < -0.4 is 11.1 Å². The lowest BCUT2D eigenvalue weighted by Gasteiger charge is -2.39. The van der Waals surface area contributed by atoms with Crippen LogP contribution in [0.25, 0.3) is 11.1 Å². The first kappa shape index (κ1) is 21.2. The highest BCUT2D eigenvalue weighted by molar-refractivity contribution is 5.97. The van der Waals surface area contributed by atoms with Gasteiger partial charge in [0, 0.05) is 18.0 Å². The predicted octanol–water partition coefficient (Wildman–Crippen LogP) is 4.89. The lowest BCUT2D eigenvalue weighted by molar-refractivity contribution is 0.0988. The molecule has 0 bridgehead atoms. The van der Waals surface area contributed by atoms with Gasteiger partial charge in [-0.05, 0) is 59.8 Å². The minimum absolute atomic E-state index is 0.132. The molecule has 1 aliphatic rings. The molecule has 0 radical (unpaired) electrons. The molecule has 152 valence electrons. The van der Waals surface area contributed by atoms with E-state index in [1.54, 1.807) is 0 Å². The first-order valence-corrected chi connectivity index (χ1v) is 10.8. The van der Waals surface area contributed by atoms with Gasteiger partial charge in [0.1, 0.15) is 0 Å². The molecule has 1 aliphatic carbocycles. The number of carbonyl (C=O) groups excluding carboxylic acids is 1. The van der Waals surface area contributed by atoms with Gasteiger partial charge in [-0.15, -0.1) is 0 Å². The van der Waals surface area contributed by atoms with Crippen LogP contribution in [0, 0.1) is 11.3 Å². The molecular weight excluding hydrogens is 358 g/mol. The SMILES string of the molecule is CCCCNC1(C(N)CCC)c2cc(C#N)ccc2-c2ccc(C(=O)CC)cc21. The Morgan fingerprint density at radius 1 is 1.10 bits per heavy atom. The van der Waals surface area contributed by atoms with Crippen LogP contribution in [0.15, 0.2) is 36.4 Å². The number of hydrogen-bond donors (Lipinski definition) is 2. The number of unbranched alkanes of at least 4 members (excludes halogenated alkanes) is 1. The third-order valence-corrected chi connectivity index (χ3v) is 6.04. The zero-order chi connectivity index (χ0) is 21.0. The second-order valence-corrected chi connectivity index (χ2v) is 7.89. The maximum atomic E-state index is 12.5. The molecule has 2 unspecified atom stereocenters. The summed E-state index contributed by atoms with van der Waals surface area (Å²) in [7, 11) is 0. The summed E-state index contributed by atoms with van der Waals surface area (Å²) in [6.07, 6.45) is 4.41. The minimum atomic E-state index is -0.591. The molecule has 2 aromatic rings. The van der Waals surface area contributed by atoms with Crippen molar-refractivity contribution in [1.82, 2.24) is 5.32 Å². The molecular formula is C25H31N3O. The quantitative estimate of drug-likeness (QED) is 0.473. The molecule has 0 aromatic heterocycles. The van der Waals surface area contributed by atoms with Crippen LogP contribution in [0.5, 0.6) is 0 Å². The lowest BCUT2D eigenvalue weighted by atomic mass is 9.78. The fourth-order valence-corrected chi connectivity index (χ4v) is 4.51. The van der Waals surface area contributed by atoms with E-state index in [0.29, 0.717) is 12.0 Å². The Bertz CT molecular complexity index is 944. The molecule has 0 fully saturated rings. The number of fused-ring (bicyclic) bond motifs is 3. The van der Waals surface area contributed by atoms with Crippen molar-refractivity contribution in [3.8, 4) is 17.2 Å². The molecule has 0 saturated heterocycles. The standard InChI is InChI=1S/C25H31N3O/c1-4-7-13-28-25(24(27)8-5-2)21-14-17(16-26)9-11-19(21)20-12-10-18(15-22(20)25)23(29)6-3/h9-12,14-15,24,28H,4-8,13,27H2,1-3H3. The Labute approximate surface area is 174 Å². The van der Waals surface area contributed by atoms with E-state index in [2.05, 4.69) is 25.2 Å². The van der Waals surface area contributed by atoms with Gasteiger partial charge in [-0.3, -0.25) is 4.79 Å². The van der Waals surface area contributed by atoms with E-state index >= 15 is 0 Å². The maximum Gasteiger partial charge on any atom is 0.162 e. The van der Waals surface area contributed by atoms with Crippen molar-refractivity contribution in [1.29, 1.82) is 5.26 Å². The van der Waals surface area contributed by atoms with Crippen molar-refractivity contribution in [3.63, 3.8) is 0 Å². The molecule has 4 heteroatoms. The van der Waals surface area contributed by atoms with Crippen molar-refractivity contribution < 1.29 is 4.79 Å². The summed E-state index contributed by atoms with van der Waals surface area (Å²) in [5, 5.41) is 13.3. The van der Waals surface area contributed by atoms with Gasteiger partial charge >= 0.3 is 0 Å². The molecule has 29 heavy (non-hydrogen) atoms. The second kappa shape index (κ2) is 8.90. The summed E-state index contributed by atoms with van der Waals surface area (Å²) in [4.78, 5) is 12.5. The van der Waals surface area contributed by atoms with Gasteiger partial charge < -0.3 is 11.1 Å². The second-order valence-electron chi connectivity index (χ2n) is 7.89. The van der Waals surface area contributed by atoms with Crippen LogP contribution in [0.1, 0.15) is 79.9 Å². The van der Waals surface area contributed by atoms with Crippen LogP contribution in [-0.4, -0.2) is 18.4 Å².